The maximum atomic E-state index is 11.9. The highest BCUT2D eigenvalue weighted by Crippen LogP contribution is 2.57. The first-order valence-electron chi connectivity index (χ1n) is 19.5. The first kappa shape index (κ1) is 52.1. The van der Waals surface area contributed by atoms with Gasteiger partial charge in [0.25, 0.3) is 0 Å². The molecule has 0 aromatic heterocycles. The smallest absolute Gasteiger partial charge is 0.399 e. The number of aldehydes is 2. The highest BCUT2D eigenvalue weighted by molar-refractivity contribution is 6.30. The quantitative estimate of drug-likeness (QED) is 0.104. The third kappa shape index (κ3) is 21.2. The zero-order valence-electron chi connectivity index (χ0n) is 35.4. The number of ketones is 1. The van der Waals surface area contributed by atoms with Crippen LogP contribution in [0.5, 0.6) is 0 Å². The molecule has 8 rings (SSSR count). The van der Waals surface area contributed by atoms with E-state index in [0.29, 0.717) is 40.7 Å². The van der Waals surface area contributed by atoms with Crippen molar-refractivity contribution in [2.24, 2.45) is 17.3 Å². The SMILES string of the molecule is CC1(C)[C@@H]2CC(C=O)=C[C@H]1C2.CCC(=O)CC.Cc1cc(C)cc(N)c1.Nc1cccc(C(F)(F)F)c1.Nc1cccc(Cl)c1.Nc1ccccc1.O=Cc1ccccc1. The summed E-state index contributed by atoms with van der Waals surface area (Å²) < 4.78 is 35.7. The number of benzene rings is 5. The average Bonchev–Trinajstić information content (AvgIpc) is 3.21. The number of nitrogens with two attached hydrogens (primary N) is 4. The number of allylic oxidation sites excluding steroid dienone is 2. The second kappa shape index (κ2) is 27.0. The number of nitrogen functional groups attached to an aromatic ring is 4. The van der Waals surface area contributed by atoms with Crippen LogP contribution < -0.4 is 22.9 Å². The van der Waals surface area contributed by atoms with Crippen molar-refractivity contribution >= 4 is 52.7 Å². The standard InChI is InChI=1S/C10H14O.C8H11N.C7H6F3N.C7H6O.C6H6ClN.C6H7N.C5H10O/c1-10(2)8-3-7(6-11)4-9(10)5-8;1-6-3-7(2)5-8(9)4-6;8-7(9,10)5-2-1-3-6(11)4-5;8-6-7-4-2-1-3-5-7;7-5-2-1-3-6(8)4-5;7-6-4-2-1-3-5-6;1-3-5(6)4-2/h3,6,8-9H,4-5H2,1-2H3;3-5H,9H2,1-2H3;1-4H,11H2;1-6H;1-4H,8H2;1-5H,7H2;3-4H2,1-2H3/t8-,9+;;;;;;/m0....../s1. The lowest BCUT2D eigenvalue weighted by molar-refractivity contribution is -0.137. The van der Waals surface area contributed by atoms with E-state index >= 15 is 0 Å². The number of fused-ring (bicyclic) bond motifs is 1. The number of anilines is 4. The van der Waals surface area contributed by atoms with Crippen LogP contribution in [0, 0.1) is 31.1 Å². The minimum absolute atomic E-state index is 0.125. The summed E-state index contributed by atoms with van der Waals surface area (Å²) in [7, 11) is 0. The molecule has 3 aliphatic rings. The monoisotopic (exact) mass is 844 g/mol. The van der Waals surface area contributed by atoms with Gasteiger partial charge in [0, 0.05) is 46.2 Å². The Hall–Kier alpha value is -5.87. The highest BCUT2D eigenvalue weighted by atomic mass is 35.5. The fraction of sp³-hybridized carbons (Fsp3) is 0.286. The topological polar surface area (TPSA) is 155 Å². The Bertz CT molecular complexity index is 1980. The van der Waals surface area contributed by atoms with Crippen LogP contribution in [0.1, 0.15) is 80.4 Å². The third-order valence-electron chi connectivity index (χ3n) is 9.43. The molecule has 5 aromatic rings. The molecule has 0 saturated heterocycles. The van der Waals surface area contributed by atoms with E-state index in [4.69, 9.17) is 34.5 Å². The molecule has 2 atom stereocenters. The first-order valence-corrected chi connectivity index (χ1v) is 19.9. The molecule has 8 N–H and O–H groups in total. The van der Waals surface area contributed by atoms with Crippen LogP contribution in [-0.4, -0.2) is 18.4 Å². The van der Waals surface area contributed by atoms with E-state index in [2.05, 4.69) is 26.0 Å². The number of alkyl halides is 3. The van der Waals surface area contributed by atoms with Crippen LogP contribution in [0.2, 0.25) is 5.02 Å². The molecule has 3 aliphatic carbocycles. The molecule has 11 heteroatoms. The Labute approximate surface area is 359 Å². The summed E-state index contributed by atoms with van der Waals surface area (Å²) in [5.74, 6) is 1.80. The van der Waals surface area contributed by atoms with Crippen molar-refractivity contribution in [3.8, 4) is 0 Å². The normalized spacial score (nSPS) is 14.9. The van der Waals surface area contributed by atoms with Crippen LogP contribution >= 0.6 is 11.6 Å². The zero-order valence-corrected chi connectivity index (χ0v) is 36.1. The van der Waals surface area contributed by atoms with Gasteiger partial charge in [-0.15, -0.1) is 0 Å². The van der Waals surface area contributed by atoms with Gasteiger partial charge in [0.2, 0.25) is 0 Å². The molecule has 0 unspecified atom stereocenters. The van der Waals surface area contributed by atoms with Gasteiger partial charge in [0.05, 0.1) is 5.56 Å². The number of aryl methyl sites for hydroxylation is 2. The van der Waals surface area contributed by atoms with Gasteiger partial charge in [-0.05, 0) is 121 Å². The van der Waals surface area contributed by atoms with Crippen molar-refractivity contribution in [3.63, 3.8) is 0 Å². The fourth-order valence-electron chi connectivity index (χ4n) is 5.85. The van der Waals surface area contributed by atoms with Crippen molar-refractivity contribution in [3.05, 3.63) is 166 Å². The Morgan fingerprint density at radius 1 is 0.683 bits per heavy atom. The molecule has 0 amide bonds. The van der Waals surface area contributed by atoms with Crippen molar-refractivity contribution < 1.29 is 27.6 Å². The van der Waals surface area contributed by atoms with Crippen LogP contribution in [0.3, 0.4) is 0 Å². The Balaban J connectivity index is 0.000000353. The van der Waals surface area contributed by atoms with E-state index < -0.39 is 11.7 Å². The number of rotatable bonds is 4. The van der Waals surface area contributed by atoms with Gasteiger partial charge in [-0.25, -0.2) is 0 Å². The summed E-state index contributed by atoms with van der Waals surface area (Å²) in [5.41, 5.74) is 27.9. The molecule has 0 radical (unpaired) electrons. The summed E-state index contributed by atoms with van der Waals surface area (Å²) in [6, 6.07) is 36.3. The number of para-hydroxylation sites is 1. The predicted molar refractivity (Wildman–Crippen MR) is 244 cm³/mol. The van der Waals surface area contributed by atoms with Crippen molar-refractivity contribution in [1.82, 2.24) is 0 Å². The molecular formula is C49H60ClF3N4O3. The lowest BCUT2D eigenvalue weighted by atomic mass is 9.50. The van der Waals surface area contributed by atoms with E-state index in [1.807, 2.05) is 94.4 Å². The van der Waals surface area contributed by atoms with Gasteiger partial charge in [-0.2, -0.15) is 13.2 Å². The summed E-state index contributed by atoms with van der Waals surface area (Å²) in [6.07, 6.45) is 3.45. The second-order valence-electron chi connectivity index (χ2n) is 14.7. The van der Waals surface area contributed by atoms with Crippen LogP contribution in [-0.2, 0) is 15.8 Å². The van der Waals surface area contributed by atoms with E-state index in [-0.39, 0.29) is 5.69 Å². The summed E-state index contributed by atoms with van der Waals surface area (Å²) in [6.45, 7) is 12.5. The van der Waals surface area contributed by atoms with E-state index in [9.17, 15) is 27.6 Å². The largest absolute Gasteiger partial charge is 0.416 e. The Morgan fingerprint density at radius 2 is 1.18 bits per heavy atom. The second-order valence-corrected chi connectivity index (χ2v) is 15.1. The van der Waals surface area contributed by atoms with Crippen molar-refractivity contribution in [2.75, 3.05) is 22.9 Å². The van der Waals surface area contributed by atoms with Crippen LogP contribution in [0.25, 0.3) is 0 Å². The number of hydrogen-bond donors (Lipinski definition) is 4. The molecule has 1 fully saturated rings. The van der Waals surface area contributed by atoms with Gasteiger partial charge in [0.15, 0.2) is 0 Å². The van der Waals surface area contributed by atoms with Gasteiger partial charge >= 0.3 is 6.18 Å². The highest BCUT2D eigenvalue weighted by Gasteiger charge is 2.49. The van der Waals surface area contributed by atoms with E-state index in [0.717, 1.165) is 59.6 Å². The van der Waals surface area contributed by atoms with Gasteiger partial charge in [-0.1, -0.05) is 112 Å². The molecule has 322 valence electrons. The maximum absolute atomic E-state index is 11.9. The lowest BCUT2D eigenvalue weighted by Gasteiger charge is -2.54. The van der Waals surface area contributed by atoms with Crippen molar-refractivity contribution in [1.29, 1.82) is 0 Å². The third-order valence-corrected chi connectivity index (χ3v) is 9.66. The molecule has 60 heavy (non-hydrogen) atoms. The van der Waals surface area contributed by atoms with Gasteiger partial charge in [-0.3, -0.25) is 14.4 Å². The number of carbonyl (C=O) groups excluding carboxylic acids is 3. The molecule has 2 bridgehead atoms. The molecule has 7 nitrogen and oxygen atoms in total. The maximum Gasteiger partial charge on any atom is 0.416 e. The number of hydrogen-bond acceptors (Lipinski definition) is 7. The van der Waals surface area contributed by atoms with Gasteiger partial charge in [0.1, 0.15) is 18.4 Å². The van der Waals surface area contributed by atoms with Crippen molar-refractivity contribution in [2.45, 2.75) is 73.4 Å². The lowest BCUT2D eigenvalue weighted by Crippen LogP contribution is -2.46. The fourth-order valence-corrected chi connectivity index (χ4v) is 6.05. The minimum Gasteiger partial charge on any atom is -0.399 e. The van der Waals surface area contributed by atoms with Crippen LogP contribution in [0.4, 0.5) is 35.9 Å². The first-order chi connectivity index (χ1) is 28.2. The molecule has 1 saturated carbocycles. The summed E-state index contributed by atoms with van der Waals surface area (Å²) >= 11 is 5.56. The molecule has 0 aliphatic heterocycles. The predicted octanol–water partition coefficient (Wildman–Crippen LogP) is 12.4. The number of carbonyl (C=O) groups is 3. The van der Waals surface area contributed by atoms with Gasteiger partial charge < -0.3 is 22.9 Å². The summed E-state index contributed by atoms with van der Waals surface area (Å²) in [4.78, 5) is 30.7. The minimum atomic E-state index is -4.30. The van der Waals surface area contributed by atoms with E-state index in [1.165, 1.54) is 29.7 Å². The Morgan fingerprint density at radius 3 is 1.47 bits per heavy atom. The van der Waals surface area contributed by atoms with E-state index in [1.54, 1.807) is 30.3 Å². The molecular weight excluding hydrogens is 785 g/mol. The molecule has 0 spiro atoms. The zero-order chi connectivity index (χ0) is 45.3. The summed E-state index contributed by atoms with van der Waals surface area (Å²) in [5, 5.41) is 0.685. The molecule has 5 aromatic carbocycles. The molecule has 0 heterocycles. The Kier molecular flexibility index (Phi) is 23.5. The average molecular weight is 845 g/mol. The number of Topliss-reactive ketones (excluding diaryl/α,β-unsaturated/α-hetero) is 1. The van der Waals surface area contributed by atoms with Crippen LogP contribution in [0.15, 0.2) is 139 Å². The number of halogens is 4.